The van der Waals surface area contributed by atoms with E-state index in [-0.39, 0.29) is 5.91 Å². The Bertz CT molecular complexity index is 719. The van der Waals surface area contributed by atoms with Crippen molar-refractivity contribution in [1.82, 2.24) is 19.8 Å². The Labute approximate surface area is 141 Å². The Morgan fingerprint density at radius 1 is 1.29 bits per heavy atom. The van der Waals surface area contributed by atoms with Crippen molar-refractivity contribution in [1.29, 1.82) is 5.26 Å². The van der Waals surface area contributed by atoms with Gasteiger partial charge >= 0.3 is 0 Å². The first-order valence-electron chi connectivity index (χ1n) is 8.21. The number of nitriles is 1. The number of amides is 1. The summed E-state index contributed by atoms with van der Waals surface area (Å²) in [5.41, 5.74) is 2.66. The molecule has 0 unspecified atom stereocenters. The van der Waals surface area contributed by atoms with Gasteiger partial charge in [-0.05, 0) is 29.7 Å². The quantitative estimate of drug-likeness (QED) is 0.926. The molecule has 3 heterocycles. The average molecular weight is 323 g/mol. The monoisotopic (exact) mass is 323 g/mol. The number of H-pyrrole nitrogens is 1. The SMILES string of the molecule is N#Cc1cc(CN2CCCN(C(=O)Cc3cccnc3)CC2)c[nH]1. The third-order valence-electron chi connectivity index (χ3n) is 4.29. The van der Waals surface area contributed by atoms with Gasteiger partial charge in [0, 0.05) is 51.3 Å². The summed E-state index contributed by atoms with van der Waals surface area (Å²) in [7, 11) is 0. The smallest absolute Gasteiger partial charge is 0.227 e. The minimum atomic E-state index is 0.165. The molecule has 0 aliphatic carbocycles. The van der Waals surface area contributed by atoms with E-state index >= 15 is 0 Å². The molecule has 2 aromatic heterocycles. The second-order valence-electron chi connectivity index (χ2n) is 6.08. The van der Waals surface area contributed by atoms with E-state index in [9.17, 15) is 4.79 Å². The number of carbonyl (C=O) groups is 1. The first kappa shape index (κ1) is 16.2. The highest BCUT2D eigenvalue weighted by Crippen LogP contribution is 2.11. The van der Waals surface area contributed by atoms with Gasteiger partial charge in [-0.25, -0.2) is 0 Å². The molecule has 0 atom stereocenters. The number of nitrogens with zero attached hydrogens (tertiary/aromatic N) is 4. The number of rotatable bonds is 4. The van der Waals surface area contributed by atoms with E-state index in [2.05, 4.69) is 20.9 Å². The molecule has 1 saturated heterocycles. The zero-order valence-corrected chi connectivity index (χ0v) is 13.6. The number of nitrogens with one attached hydrogen (secondary N) is 1. The summed E-state index contributed by atoms with van der Waals surface area (Å²) in [6.45, 7) is 4.17. The van der Waals surface area contributed by atoms with Gasteiger partial charge in [0.25, 0.3) is 0 Å². The lowest BCUT2D eigenvalue weighted by atomic mass is 10.2. The highest BCUT2D eigenvalue weighted by atomic mass is 16.2. The van der Waals surface area contributed by atoms with Gasteiger partial charge in [-0.15, -0.1) is 0 Å². The first-order chi connectivity index (χ1) is 11.7. The van der Waals surface area contributed by atoms with Crippen LogP contribution in [0.5, 0.6) is 0 Å². The summed E-state index contributed by atoms with van der Waals surface area (Å²) in [6, 6.07) is 7.79. The molecule has 0 bridgehead atoms. The molecule has 0 aromatic carbocycles. The highest BCUT2D eigenvalue weighted by Gasteiger charge is 2.19. The standard InChI is InChI=1S/C18H21N5O/c19-11-17-9-16(13-21-17)14-22-5-2-6-23(8-7-22)18(24)10-15-3-1-4-20-12-15/h1,3-4,9,12-13,21H,2,5-8,10,14H2. The van der Waals surface area contributed by atoms with E-state index in [0.29, 0.717) is 12.1 Å². The Morgan fingerprint density at radius 2 is 2.21 bits per heavy atom. The molecule has 2 aromatic rings. The third kappa shape index (κ3) is 4.21. The molecule has 0 saturated carbocycles. The van der Waals surface area contributed by atoms with Gasteiger partial charge in [-0.3, -0.25) is 14.7 Å². The van der Waals surface area contributed by atoms with Crippen LogP contribution >= 0.6 is 0 Å². The van der Waals surface area contributed by atoms with Crippen molar-refractivity contribution in [3.63, 3.8) is 0 Å². The van der Waals surface area contributed by atoms with Gasteiger partial charge in [-0.2, -0.15) is 5.26 Å². The van der Waals surface area contributed by atoms with Crippen LogP contribution in [-0.4, -0.2) is 51.9 Å². The minimum absolute atomic E-state index is 0.165. The van der Waals surface area contributed by atoms with Crippen LogP contribution in [0.25, 0.3) is 0 Å². The van der Waals surface area contributed by atoms with Crippen molar-refractivity contribution in [3.8, 4) is 6.07 Å². The van der Waals surface area contributed by atoms with Gasteiger partial charge in [0.2, 0.25) is 5.91 Å². The lowest BCUT2D eigenvalue weighted by Gasteiger charge is -2.21. The zero-order valence-electron chi connectivity index (χ0n) is 13.6. The molecule has 1 fully saturated rings. The fraction of sp³-hybridized carbons (Fsp3) is 0.389. The van der Waals surface area contributed by atoms with E-state index in [0.717, 1.165) is 50.3 Å². The van der Waals surface area contributed by atoms with Crippen LogP contribution in [0.4, 0.5) is 0 Å². The van der Waals surface area contributed by atoms with Gasteiger partial charge < -0.3 is 9.88 Å². The van der Waals surface area contributed by atoms with Crippen molar-refractivity contribution < 1.29 is 4.79 Å². The van der Waals surface area contributed by atoms with Crippen molar-refractivity contribution in [3.05, 3.63) is 53.6 Å². The van der Waals surface area contributed by atoms with E-state index in [1.165, 1.54) is 0 Å². The molecule has 6 heteroatoms. The molecule has 124 valence electrons. The molecule has 0 radical (unpaired) electrons. The first-order valence-corrected chi connectivity index (χ1v) is 8.21. The lowest BCUT2D eigenvalue weighted by Crippen LogP contribution is -2.36. The Hall–Kier alpha value is -2.65. The largest absolute Gasteiger partial charge is 0.353 e. The van der Waals surface area contributed by atoms with Crippen molar-refractivity contribution in [2.45, 2.75) is 19.4 Å². The van der Waals surface area contributed by atoms with Crippen LogP contribution in [0.3, 0.4) is 0 Å². The zero-order chi connectivity index (χ0) is 16.8. The van der Waals surface area contributed by atoms with E-state index in [1.54, 1.807) is 12.4 Å². The summed E-state index contributed by atoms with van der Waals surface area (Å²) < 4.78 is 0. The van der Waals surface area contributed by atoms with Crippen molar-refractivity contribution >= 4 is 5.91 Å². The number of aromatic nitrogens is 2. The van der Waals surface area contributed by atoms with E-state index in [1.807, 2.05) is 29.3 Å². The van der Waals surface area contributed by atoms with Crippen LogP contribution in [0.1, 0.15) is 23.2 Å². The second-order valence-corrected chi connectivity index (χ2v) is 6.08. The van der Waals surface area contributed by atoms with Crippen LogP contribution in [0.15, 0.2) is 36.8 Å². The Kier molecular flexibility index (Phi) is 5.24. The van der Waals surface area contributed by atoms with Crippen molar-refractivity contribution in [2.75, 3.05) is 26.2 Å². The summed E-state index contributed by atoms with van der Waals surface area (Å²) in [4.78, 5) is 23.8. The molecule has 0 spiro atoms. The van der Waals surface area contributed by atoms with Crippen molar-refractivity contribution in [2.24, 2.45) is 0 Å². The molecule has 1 N–H and O–H groups in total. The number of hydrogen-bond donors (Lipinski definition) is 1. The van der Waals surface area contributed by atoms with Gasteiger partial charge in [0.15, 0.2) is 0 Å². The summed E-state index contributed by atoms with van der Waals surface area (Å²) in [6.07, 6.45) is 6.73. The Morgan fingerprint density at radius 3 is 2.96 bits per heavy atom. The number of pyridine rings is 1. The highest BCUT2D eigenvalue weighted by molar-refractivity contribution is 5.78. The van der Waals surface area contributed by atoms with Crippen LogP contribution in [0, 0.1) is 11.3 Å². The van der Waals surface area contributed by atoms with Crippen LogP contribution in [0.2, 0.25) is 0 Å². The molecule has 24 heavy (non-hydrogen) atoms. The molecule has 1 aliphatic rings. The predicted octanol–water partition coefficient (Wildman–Crippen LogP) is 1.56. The summed E-state index contributed by atoms with van der Waals surface area (Å²) >= 11 is 0. The molecular formula is C18H21N5O. The number of aromatic amines is 1. The predicted molar refractivity (Wildman–Crippen MR) is 89.9 cm³/mol. The topological polar surface area (TPSA) is 76.0 Å². The average Bonchev–Trinajstić information content (AvgIpc) is 2.92. The summed E-state index contributed by atoms with van der Waals surface area (Å²) in [5, 5.41) is 8.88. The molecule has 6 nitrogen and oxygen atoms in total. The second kappa shape index (κ2) is 7.75. The Balaban J connectivity index is 1.53. The third-order valence-corrected chi connectivity index (χ3v) is 4.29. The summed E-state index contributed by atoms with van der Waals surface area (Å²) in [5.74, 6) is 0.165. The molecule has 1 aliphatic heterocycles. The molecule has 1 amide bonds. The number of carbonyl (C=O) groups excluding carboxylic acids is 1. The van der Waals surface area contributed by atoms with Crippen LogP contribution in [-0.2, 0) is 17.8 Å². The van der Waals surface area contributed by atoms with E-state index < -0.39 is 0 Å². The van der Waals surface area contributed by atoms with E-state index in [4.69, 9.17) is 5.26 Å². The lowest BCUT2D eigenvalue weighted by molar-refractivity contribution is -0.130. The number of hydrogen-bond acceptors (Lipinski definition) is 4. The fourth-order valence-corrected chi connectivity index (χ4v) is 3.02. The maximum Gasteiger partial charge on any atom is 0.227 e. The molecular weight excluding hydrogens is 302 g/mol. The van der Waals surface area contributed by atoms with Gasteiger partial charge in [0.1, 0.15) is 11.8 Å². The van der Waals surface area contributed by atoms with Gasteiger partial charge in [-0.1, -0.05) is 6.07 Å². The maximum atomic E-state index is 12.5. The van der Waals surface area contributed by atoms with Crippen LogP contribution < -0.4 is 0 Å². The van der Waals surface area contributed by atoms with Gasteiger partial charge in [0.05, 0.1) is 6.42 Å². The minimum Gasteiger partial charge on any atom is -0.353 e. The molecule has 3 rings (SSSR count). The fourth-order valence-electron chi connectivity index (χ4n) is 3.02. The normalized spacial score (nSPS) is 15.7. The maximum absolute atomic E-state index is 12.5.